The number of thiazole rings is 1. The van der Waals surface area contributed by atoms with Gasteiger partial charge in [0.05, 0.1) is 24.9 Å². The third-order valence-electron chi connectivity index (χ3n) is 2.53. The zero-order chi connectivity index (χ0) is 14.5. The van der Waals surface area contributed by atoms with Gasteiger partial charge in [0, 0.05) is 16.3 Å². The van der Waals surface area contributed by atoms with Crippen LogP contribution in [-0.4, -0.2) is 18.1 Å². The second-order valence-electron chi connectivity index (χ2n) is 3.97. The lowest BCUT2D eigenvalue weighted by Crippen LogP contribution is -2.02. The van der Waals surface area contributed by atoms with Crippen molar-refractivity contribution in [2.45, 2.75) is 12.8 Å². The molecule has 0 aliphatic rings. The minimum Gasteiger partial charge on any atom is -0.469 e. The number of anilines is 2. The fraction of sp³-hybridized carbons (Fsp3) is 0.231. The van der Waals surface area contributed by atoms with Crippen LogP contribution in [0.25, 0.3) is 0 Å². The summed E-state index contributed by atoms with van der Waals surface area (Å²) in [7, 11) is 1.36. The van der Waals surface area contributed by atoms with Gasteiger partial charge in [-0.05, 0) is 34.1 Å². The number of aromatic nitrogens is 1. The Morgan fingerprint density at radius 2 is 2.35 bits per heavy atom. The molecule has 106 valence electrons. The summed E-state index contributed by atoms with van der Waals surface area (Å²) in [6, 6.07) is 4.39. The van der Waals surface area contributed by atoms with Crippen molar-refractivity contribution in [2.75, 3.05) is 12.4 Å². The molecule has 0 amide bonds. The van der Waals surface area contributed by atoms with Crippen LogP contribution in [0.5, 0.6) is 0 Å². The van der Waals surface area contributed by atoms with Crippen LogP contribution < -0.4 is 5.32 Å². The molecule has 0 radical (unpaired) electrons. The Morgan fingerprint density at radius 3 is 3.10 bits per heavy atom. The first-order valence-electron chi connectivity index (χ1n) is 5.82. The smallest absolute Gasteiger partial charge is 0.305 e. The maximum absolute atomic E-state index is 13.2. The summed E-state index contributed by atoms with van der Waals surface area (Å²) >= 11 is 4.74. The van der Waals surface area contributed by atoms with E-state index in [1.165, 1.54) is 30.6 Å². The van der Waals surface area contributed by atoms with Crippen molar-refractivity contribution in [3.63, 3.8) is 0 Å². The van der Waals surface area contributed by atoms with Gasteiger partial charge in [-0.25, -0.2) is 9.37 Å². The zero-order valence-corrected chi connectivity index (χ0v) is 13.1. The summed E-state index contributed by atoms with van der Waals surface area (Å²) < 4.78 is 18.5. The number of methoxy groups -OCH3 is 1. The van der Waals surface area contributed by atoms with Crippen molar-refractivity contribution in [3.05, 3.63) is 39.6 Å². The van der Waals surface area contributed by atoms with E-state index < -0.39 is 0 Å². The largest absolute Gasteiger partial charge is 0.469 e. The van der Waals surface area contributed by atoms with Gasteiger partial charge < -0.3 is 10.1 Å². The van der Waals surface area contributed by atoms with Gasteiger partial charge in [-0.15, -0.1) is 11.3 Å². The van der Waals surface area contributed by atoms with E-state index in [-0.39, 0.29) is 11.8 Å². The number of rotatable bonds is 5. The van der Waals surface area contributed by atoms with Crippen molar-refractivity contribution in [2.24, 2.45) is 0 Å². The average Bonchev–Trinajstić information content (AvgIpc) is 2.88. The number of nitrogens with one attached hydrogen (secondary N) is 1. The van der Waals surface area contributed by atoms with Crippen molar-refractivity contribution in [3.8, 4) is 0 Å². The number of aryl methyl sites for hydroxylation is 1. The normalized spacial score (nSPS) is 10.3. The van der Waals surface area contributed by atoms with E-state index in [0.717, 1.165) is 10.2 Å². The number of esters is 1. The second-order valence-corrected chi connectivity index (χ2v) is 5.68. The van der Waals surface area contributed by atoms with E-state index in [1.54, 1.807) is 6.07 Å². The third kappa shape index (κ3) is 4.01. The van der Waals surface area contributed by atoms with Gasteiger partial charge in [-0.3, -0.25) is 4.79 Å². The standard InChI is InChI=1S/C13H12BrFN2O2S/c1-19-12(18)5-3-9-7-20-13(16-9)17-11-6-8(15)2-4-10(11)14/h2,4,6-7H,3,5H2,1H3,(H,16,17). The van der Waals surface area contributed by atoms with E-state index in [1.807, 2.05) is 5.38 Å². The minimum absolute atomic E-state index is 0.264. The molecule has 20 heavy (non-hydrogen) atoms. The van der Waals surface area contributed by atoms with Gasteiger partial charge in [0.1, 0.15) is 5.82 Å². The monoisotopic (exact) mass is 358 g/mol. The Kier molecular flexibility index (Phi) is 5.08. The number of nitrogens with zero attached hydrogens (tertiary/aromatic N) is 1. The number of hydrogen-bond acceptors (Lipinski definition) is 5. The molecule has 0 saturated carbocycles. The van der Waals surface area contributed by atoms with Crippen LogP contribution in [0.2, 0.25) is 0 Å². The highest BCUT2D eigenvalue weighted by Crippen LogP contribution is 2.28. The summed E-state index contributed by atoms with van der Waals surface area (Å²) in [4.78, 5) is 15.4. The molecule has 1 aromatic carbocycles. The van der Waals surface area contributed by atoms with Gasteiger partial charge in [0.25, 0.3) is 0 Å². The third-order valence-corrected chi connectivity index (χ3v) is 4.03. The summed E-state index contributed by atoms with van der Waals surface area (Å²) in [6.45, 7) is 0. The molecule has 0 atom stereocenters. The highest BCUT2D eigenvalue weighted by atomic mass is 79.9. The van der Waals surface area contributed by atoms with Crippen molar-refractivity contribution in [1.82, 2.24) is 4.98 Å². The molecule has 7 heteroatoms. The first kappa shape index (κ1) is 14.9. The fourth-order valence-corrected chi connectivity index (χ4v) is 2.62. The van der Waals surface area contributed by atoms with Crippen LogP contribution in [0.4, 0.5) is 15.2 Å². The van der Waals surface area contributed by atoms with Crippen LogP contribution in [-0.2, 0) is 16.0 Å². The number of halogens is 2. The van der Waals surface area contributed by atoms with E-state index in [2.05, 4.69) is 31.0 Å². The quantitative estimate of drug-likeness (QED) is 0.823. The van der Waals surface area contributed by atoms with Gasteiger partial charge in [-0.1, -0.05) is 0 Å². The predicted molar refractivity (Wildman–Crippen MR) is 79.8 cm³/mol. The van der Waals surface area contributed by atoms with Crippen LogP contribution in [0.15, 0.2) is 28.1 Å². The van der Waals surface area contributed by atoms with Gasteiger partial charge >= 0.3 is 5.97 Å². The van der Waals surface area contributed by atoms with Gasteiger partial charge in [0.15, 0.2) is 5.13 Å². The molecule has 2 rings (SSSR count). The van der Waals surface area contributed by atoms with Crippen molar-refractivity contribution < 1.29 is 13.9 Å². The minimum atomic E-state index is -0.321. The molecule has 2 aromatic rings. The topological polar surface area (TPSA) is 51.2 Å². The second kappa shape index (κ2) is 6.81. The lowest BCUT2D eigenvalue weighted by Gasteiger charge is -2.05. The van der Waals surface area contributed by atoms with Crippen LogP contribution in [0.1, 0.15) is 12.1 Å². The SMILES string of the molecule is COC(=O)CCc1csc(Nc2cc(F)ccc2Br)n1. The number of benzene rings is 1. The van der Waals surface area contributed by atoms with Crippen molar-refractivity contribution >= 4 is 44.1 Å². The highest BCUT2D eigenvalue weighted by Gasteiger charge is 2.08. The molecule has 0 fully saturated rings. The summed E-state index contributed by atoms with van der Waals surface area (Å²) in [5, 5.41) is 5.55. The number of hydrogen-bond donors (Lipinski definition) is 1. The molecule has 0 aliphatic carbocycles. The summed E-state index contributed by atoms with van der Waals surface area (Å²) in [6.07, 6.45) is 0.818. The molecule has 4 nitrogen and oxygen atoms in total. The van der Waals surface area contributed by atoms with Crippen LogP contribution in [0.3, 0.4) is 0 Å². The van der Waals surface area contributed by atoms with Gasteiger partial charge in [-0.2, -0.15) is 0 Å². The molecule has 1 heterocycles. The molecule has 0 aliphatic heterocycles. The van der Waals surface area contributed by atoms with Gasteiger partial charge in [0.2, 0.25) is 0 Å². The highest BCUT2D eigenvalue weighted by molar-refractivity contribution is 9.10. The van der Waals surface area contributed by atoms with Crippen LogP contribution in [0, 0.1) is 5.82 Å². The average molecular weight is 359 g/mol. The summed E-state index contributed by atoms with van der Waals surface area (Å²) in [5.74, 6) is -0.585. The van der Waals surface area contributed by atoms with Crippen LogP contribution >= 0.6 is 27.3 Å². The molecule has 0 unspecified atom stereocenters. The lowest BCUT2D eigenvalue weighted by atomic mass is 10.2. The molecule has 0 bridgehead atoms. The first-order chi connectivity index (χ1) is 9.58. The zero-order valence-electron chi connectivity index (χ0n) is 10.7. The molecule has 1 aromatic heterocycles. The Morgan fingerprint density at radius 1 is 1.55 bits per heavy atom. The molecule has 0 saturated heterocycles. The van der Waals surface area contributed by atoms with E-state index in [0.29, 0.717) is 23.7 Å². The van der Waals surface area contributed by atoms with E-state index in [4.69, 9.17) is 0 Å². The Labute approximate surface area is 128 Å². The number of ether oxygens (including phenoxy) is 1. The molecule has 0 spiro atoms. The number of carbonyl (C=O) groups excluding carboxylic acids is 1. The predicted octanol–water partition coefficient (Wildman–Crippen LogP) is 3.89. The fourth-order valence-electron chi connectivity index (χ4n) is 1.52. The van der Waals surface area contributed by atoms with E-state index in [9.17, 15) is 9.18 Å². The maximum atomic E-state index is 13.2. The maximum Gasteiger partial charge on any atom is 0.305 e. The number of carbonyl (C=O) groups is 1. The Bertz CT molecular complexity index is 618. The molecular formula is C13H12BrFN2O2S. The first-order valence-corrected chi connectivity index (χ1v) is 7.49. The summed E-state index contributed by atoms with van der Waals surface area (Å²) in [5.41, 5.74) is 1.41. The Balaban J connectivity index is 2.02. The van der Waals surface area contributed by atoms with Crippen molar-refractivity contribution in [1.29, 1.82) is 0 Å². The molecular weight excluding hydrogens is 347 g/mol. The molecule has 1 N–H and O–H groups in total. The Hall–Kier alpha value is -1.47. The lowest BCUT2D eigenvalue weighted by molar-refractivity contribution is -0.140. The van der Waals surface area contributed by atoms with E-state index >= 15 is 0 Å².